The number of ether oxygens (including phenoxy) is 1. The first-order valence-electron chi connectivity index (χ1n) is 8.68. The Bertz CT molecular complexity index is 742. The normalized spacial score (nSPS) is 28.4. The summed E-state index contributed by atoms with van der Waals surface area (Å²) in [7, 11) is 0. The molecule has 7 heteroatoms. The van der Waals surface area contributed by atoms with Gasteiger partial charge in [0.25, 0.3) is 5.91 Å². The predicted molar refractivity (Wildman–Crippen MR) is 110 cm³/mol. The van der Waals surface area contributed by atoms with E-state index in [9.17, 15) is 4.79 Å². The van der Waals surface area contributed by atoms with E-state index in [1.54, 1.807) is 6.21 Å². The van der Waals surface area contributed by atoms with Crippen LogP contribution in [0.1, 0.15) is 33.1 Å². The van der Waals surface area contributed by atoms with E-state index in [2.05, 4.69) is 40.9 Å². The van der Waals surface area contributed by atoms with Crippen LogP contribution in [-0.2, 0) is 9.53 Å². The lowest BCUT2D eigenvalue weighted by atomic mass is 9.89. The molecule has 4 nitrogen and oxygen atoms in total. The van der Waals surface area contributed by atoms with E-state index in [0.717, 1.165) is 12.0 Å². The molecule has 2 unspecified atom stereocenters. The number of halogens is 2. The fourth-order valence-corrected chi connectivity index (χ4v) is 4.47. The van der Waals surface area contributed by atoms with Crippen LogP contribution in [0.15, 0.2) is 50.7 Å². The summed E-state index contributed by atoms with van der Waals surface area (Å²) < 4.78 is 5.86. The zero-order chi connectivity index (χ0) is 18.7. The lowest BCUT2D eigenvalue weighted by Crippen LogP contribution is -2.37. The van der Waals surface area contributed by atoms with Crippen molar-refractivity contribution in [2.75, 3.05) is 6.54 Å². The van der Waals surface area contributed by atoms with E-state index < -0.39 is 6.10 Å². The molecule has 3 atom stereocenters. The van der Waals surface area contributed by atoms with Gasteiger partial charge in [0.2, 0.25) is 5.88 Å². The predicted octanol–water partition coefficient (Wildman–Crippen LogP) is 4.66. The molecule has 0 saturated carbocycles. The lowest BCUT2D eigenvalue weighted by Gasteiger charge is -2.28. The topological polar surface area (TPSA) is 50.7 Å². The summed E-state index contributed by atoms with van der Waals surface area (Å²) in [6.07, 6.45) is 9.40. The summed E-state index contributed by atoms with van der Waals surface area (Å²) in [6.45, 7) is 4.61. The van der Waals surface area contributed by atoms with E-state index in [-0.39, 0.29) is 21.9 Å². The molecule has 3 rings (SSSR count). The van der Waals surface area contributed by atoms with Crippen molar-refractivity contribution < 1.29 is 9.53 Å². The Morgan fingerprint density at radius 2 is 2.38 bits per heavy atom. The maximum atomic E-state index is 12.5. The molecule has 0 radical (unpaired) electrons. The smallest absolute Gasteiger partial charge is 0.261 e. The highest BCUT2D eigenvalue weighted by Gasteiger charge is 2.32. The fraction of sp³-hybridized carbons (Fsp3) is 0.474. The molecule has 26 heavy (non-hydrogen) atoms. The monoisotopic (exact) mass is 412 g/mol. The number of aliphatic imine (C=N–C) groups is 1. The molecule has 0 aromatic heterocycles. The van der Waals surface area contributed by atoms with Gasteiger partial charge < -0.3 is 10.1 Å². The van der Waals surface area contributed by atoms with Crippen LogP contribution in [0.25, 0.3) is 0 Å². The van der Waals surface area contributed by atoms with Gasteiger partial charge in [0, 0.05) is 23.9 Å². The molecule has 1 amide bonds. The van der Waals surface area contributed by atoms with Crippen molar-refractivity contribution in [3.05, 3.63) is 45.7 Å². The summed E-state index contributed by atoms with van der Waals surface area (Å²) >= 11 is 14.0. The Kier molecular flexibility index (Phi) is 6.21. The lowest BCUT2D eigenvalue weighted by molar-refractivity contribution is -0.130. The van der Waals surface area contributed by atoms with Crippen LogP contribution in [0, 0.1) is 0 Å². The molecule has 0 aromatic rings. The zero-order valence-corrected chi connectivity index (χ0v) is 17.1. The van der Waals surface area contributed by atoms with Crippen LogP contribution in [0.3, 0.4) is 0 Å². The van der Waals surface area contributed by atoms with Gasteiger partial charge in [-0.2, -0.15) is 0 Å². The summed E-state index contributed by atoms with van der Waals surface area (Å²) in [4.78, 5) is 16.6. The van der Waals surface area contributed by atoms with Crippen molar-refractivity contribution in [3.8, 4) is 0 Å². The molecule has 3 aliphatic rings. The Morgan fingerprint density at radius 1 is 1.58 bits per heavy atom. The molecular weight excluding hydrogens is 391 g/mol. The number of carbonyl (C=O) groups excluding carboxylic acids is 1. The van der Waals surface area contributed by atoms with E-state index >= 15 is 0 Å². The van der Waals surface area contributed by atoms with Gasteiger partial charge >= 0.3 is 0 Å². The van der Waals surface area contributed by atoms with Gasteiger partial charge in [-0.1, -0.05) is 36.8 Å². The van der Waals surface area contributed by atoms with Crippen molar-refractivity contribution in [1.82, 2.24) is 5.32 Å². The maximum Gasteiger partial charge on any atom is 0.261 e. The quantitative estimate of drug-likeness (QED) is 0.645. The minimum absolute atomic E-state index is 0.144. The SMILES string of the molecule is CC[C@@H](OC1=C(Cl)CC(Cl)C=N1)C(=O)NCC1=CCC2(C)SC=CC2=C1. The minimum Gasteiger partial charge on any atom is -0.463 e. The fourth-order valence-electron chi connectivity index (χ4n) is 2.96. The summed E-state index contributed by atoms with van der Waals surface area (Å²) in [5.41, 5.74) is 2.42. The van der Waals surface area contributed by atoms with E-state index in [1.807, 2.05) is 18.7 Å². The van der Waals surface area contributed by atoms with Crippen molar-refractivity contribution in [3.63, 3.8) is 0 Å². The third-order valence-electron chi connectivity index (χ3n) is 4.62. The molecule has 2 aliphatic heterocycles. The number of nitrogens with zero attached hydrogens (tertiary/aromatic N) is 1. The number of rotatable bonds is 6. The molecule has 0 fully saturated rings. The second-order valence-corrected chi connectivity index (χ2v) is 9.10. The van der Waals surface area contributed by atoms with Crippen LogP contribution in [-0.4, -0.2) is 34.9 Å². The third-order valence-corrected chi connectivity index (χ3v) is 6.40. The Balaban J connectivity index is 1.56. The van der Waals surface area contributed by atoms with Crippen LogP contribution < -0.4 is 5.32 Å². The Labute approximate surface area is 168 Å². The van der Waals surface area contributed by atoms with Crippen LogP contribution in [0.4, 0.5) is 0 Å². The number of alkyl halides is 1. The van der Waals surface area contributed by atoms with Gasteiger partial charge in [-0.25, -0.2) is 4.99 Å². The van der Waals surface area contributed by atoms with Crippen molar-refractivity contribution in [2.24, 2.45) is 4.99 Å². The van der Waals surface area contributed by atoms with Gasteiger partial charge in [0.05, 0.1) is 10.4 Å². The second kappa shape index (κ2) is 8.24. The molecular formula is C19H22Cl2N2O2S. The largest absolute Gasteiger partial charge is 0.463 e. The first kappa shape index (κ1) is 19.6. The Morgan fingerprint density at radius 3 is 3.12 bits per heavy atom. The minimum atomic E-state index is -0.633. The average molecular weight is 413 g/mol. The number of hydrogen-bond donors (Lipinski definition) is 1. The van der Waals surface area contributed by atoms with Crippen molar-refractivity contribution in [1.29, 1.82) is 0 Å². The van der Waals surface area contributed by atoms with E-state index in [1.165, 1.54) is 5.57 Å². The molecule has 0 saturated heterocycles. The molecule has 140 valence electrons. The second-order valence-electron chi connectivity index (χ2n) is 6.68. The van der Waals surface area contributed by atoms with Crippen molar-refractivity contribution >= 4 is 47.1 Å². The first-order valence-corrected chi connectivity index (χ1v) is 10.4. The number of nitrogens with one attached hydrogen (secondary N) is 1. The van der Waals surface area contributed by atoms with Crippen molar-refractivity contribution in [2.45, 2.75) is 49.3 Å². The van der Waals surface area contributed by atoms with Gasteiger partial charge in [-0.15, -0.1) is 23.4 Å². The zero-order valence-electron chi connectivity index (χ0n) is 14.8. The highest BCUT2D eigenvalue weighted by atomic mass is 35.5. The molecule has 0 bridgehead atoms. The average Bonchev–Trinajstić information content (AvgIpc) is 3.00. The standard InChI is InChI=1S/C19H22Cl2N2O2S/c1-3-16(25-18-15(21)9-14(20)11-23-18)17(24)22-10-12-4-6-19(2)13(8-12)5-7-26-19/h4-5,7-8,11,14,16H,3,6,9-10H2,1-2H3,(H,22,24)/t14?,16-,19?/m1/s1. The molecule has 0 aromatic carbocycles. The highest BCUT2D eigenvalue weighted by molar-refractivity contribution is 8.04. The number of allylic oxidation sites excluding steroid dienone is 3. The Hall–Kier alpha value is -1.17. The summed E-state index contributed by atoms with van der Waals surface area (Å²) in [6, 6.07) is 0. The van der Waals surface area contributed by atoms with Crippen LogP contribution in [0.5, 0.6) is 0 Å². The van der Waals surface area contributed by atoms with Crippen LogP contribution in [0.2, 0.25) is 0 Å². The number of hydrogen-bond acceptors (Lipinski definition) is 4. The molecule has 0 spiro atoms. The third kappa shape index (κ3) is 4.38. The van der Waals surface area contributed by atoms with Crippen LogP contribution >= 0.6 is 35.0 Å². The number of thioether (sulfide) groups is 1. The summed E-state index contributed by atoms with van der Waals surface area (Å²) in [5, 5.41) is 5.31. The summed E-state index contributed by atoms with van der Waals surface area (Å²) in [5.74, 6) is 0.116. The molecule has 1 N–H and O–H groups in total. The van der Waals surface area contributed by atoms with Gasteiger partial charge in [-0.05, 0) is 36.3 Å². The van der Waals surface area contributed by atoms with E-state index in [0.29, 0.717) is 24.4 Å². The van der Waals surface area contributed by atoms with Gasteiger partial charge in [0.1, 0.15) is 0 Å². The first-order chi connectivity index (χ1) is 12.4. The van der Waals surface area contributed by atoms with E-state index in [4.69, 9.17) is 27.9 Å². The van der Waals surface area contributed by atoms with Gasteiger partial charge in [0.15, 0.2) is 6.10 Å². The molecule has 1 aliphatic carbocycles. The maximum absolute atomic E-state index is 12.5. The number of fused-ring (bicyclic) bond motifs is 1. The highest BCUT2D eigenvalue weighted by Crippen LogP contribution is 2.45. The number of carbonyl (C=O) groups is 1. The van der Waals surface area contributed by atoms with Gasteiger partial charge in [-0.3, -0.25) is 4.79 Å². The number of amides is 1. The molecule has 2 heterocycles.